The van der Waals surface area contributed by atoms with Crippen LogP contribution in [0.3, 0.4) is 0 Å². The highest BCUT2D eigenvalue weighted by molar-refractivity contribution is 5.74. The summed E-state index contributed by atoms with van der Waals surface area (Å²) in [6.45, 7) is 4.54. The van der Waals surface area contributed by atoms with Crippen LogP contribution in [0.15, 0.2) is 0 Å². The SMILES string of the molecule is CC1(C)CCCC(NC(=O)NCC[C@H](O)C(=O)O)C1. The molecule has 2 amide bonds. The highest BCUT2D eigenvalue weighted by Gasteiger charge is 2.28. The van der Waals surface area contributed by atoms with E-state index < -0.39 is 12.1 Å². The zero-order valence-electron chi connectivity index (χ0n) is 11.6. The topological polar surface area (TPSA) is 98.7 Å². The Balaban J connectivity index is 2.22. The molecule has 0 radical (unpaired) electrons. The van der Waals surface area contributed by atoms with Crippen LogP contribution in [0.1, 0.15) is 46.0 Å². The fourth-order valence-corrected chi connectivity index (χ4v) is 2.50. The number of urea groups is 1. The first-order chi connectivity index (χ1) is 8.80. The van der Waals surface area contributed by atoms with Crippen molar-refractivity contribution >= 4 is 12.0 Å². The first-order valence-corrected chi connectivity index (χ1v) is 6.75. The maximum Gasteiger partial charge on any atom is 0.332 e. The molecule has 1 unspecified atom stereocenters. The Morgan fingerprint density at radius 1 is 1.42 bits per heavy atom. The molecule has 0 aliphatic heterocycles. The number of carboxylic acid groups (broad SMARTS) is 1. The van der Waals surface area contributed by atoms with Crippen LogP contribution in [0.2, 0.25) is 0 Å². The minimum Gasteiger partial charge on any atom is -0.479 e. The van der Waals surface area contributed by atoms with Gasteiger partial charge >= 0.3 is 12.0 Å². The predicted molar refractivity (Wildman–Crippen MR) is 70.8 cm³/mol. The molecule has 19 heavy (non-hydrogen) atoms. The van der Waals surface area contributed by atoms with Gasteiger partial charge in [-0.3, -0.25) is 0 Å². The third kappa shape index (κ3) is 5.92. The third-order valence-electron chi connectivity index (χ3n) is 3.53. The van der Waals surface area contributed by atoms with Crippen LogP contribution in [-0.4, -0.2) is 40.9 Å². The Morgan fingerprint density at radius 3 is 2.68 bits per heavy atom. The average Bonchev–Trinajstić information content (AvgIpc) is 2.27. The number of hydrogen-bond donors (Lipinski definition) is 4. The van der Waals surface area contributed by atoms with E-state index in [1.165, 1.54) is 6.42 Å². The standard InChI is InChI=1S/C13H24N2O4/c1-13(2)6-3-4-9(8-13)15-12(19)14-7-5-10(16)11(17)18/h9-10,16H,3-8H2,1-2H3,(H,17,18)(H2,14,15,19)/t9?,10-/m0/s1. The number of aliphatic hydroxyl groups excluding tert-OH is 1. The molecule has 4 N–H and O–H groups in total. The first kappa shape index (κ1) is 15.8. The van der Waals surface area contributed by atoms with Crippen LogP contribution in [0, 0.1) is 5.41 Å². The number of nitrogens with one attached hydrogen (secondary N) is 2. The van der Waals surface area contributed by atoms with Gasteiger partial charge in [-0.2, -0.15) is 0 Å². The van der Waals surface area contributed by atoms with Crippen LogP contribution in [-0.2, 0) is 4.79 Å². The van der Waals surface area contributed by atoms with Gasteiger partial charge in [-0.05, 0) is 24.7 Å². The van der Waals surface area contributed by atoms with E-state index in [0.29, 0.717) is 0 Å². The molecule has 0 saturated heterocycles. The maximum atomic E-state index is 11.6. The fraction of sp³-hybridized carbons (Fsp3) is 0.846. The van der Waals surface area contributed by atoms with Gasteiger partial charge in [0.25, 0.3) is 0 Å². The lowest BCUT2D eigenvalue weighted by Gasteiger charge is -2.35. The van der Waals surface area contributed by atoms with Gasteiger partial charge in [-0.1, -0.05) is 20.3 Å². The first-order valence-electron chi connectivity index (χ1n) is 6.75. The highest BCUT2D eigenvalue weighted by atomic mass is 16.4. The summed E-state index contributed by atoms with van der Waals surface area (Å²) in [4.78, 5) is 22.0. The molecular weight excluding hydrogens is 248 g/mol. The molecule has 1 aliphatic rings. The highest BCUT2D eigenvalue weighted by Crippen LogP contribution is 2.34. The van der Waals surface area contributed by atoms with E-state index in [1.807, 2.05) is 0 Å². The monoisotopic (exact) mass is 272 g/mol. The van der Waals surface area contributed by atoms with E-state index >= 15 is 0 Å². The third-order valence-corrected chi connectivity index (χ3v) is 3.53. The molecule has 0 aromatic rings. The molecule has 1 saturated carbocycles. The summed E-state index contributed by atoms with van der Waals surface area (Å²) >= 11 is 0. The Kier molecular flexibility index (Phi) is 5.60. The van der Waals surface area contributed by atoms with Gasteiger partial charge in [-0.15, -0.1) is 0 Å². The van der Waals surface area contributed by atoms with Crippen molar-refractivity contribution in [3.8, 4) is 0 Å². The van der Waals surface area contributed by atoms with Gasteiger partial charge in [0.05, 0.1) is 0 Å². The van der Waals surface area contributed by atoms with Gasteiger partial charge in [0.1, 0.15) is 0 Å². The molecular formula is C13H24N2O4. The molecule has 0 bridgehead atoms. The van der Waals surface area contributed by atoms with E-state index in [9.17, 15) is 9.59 Å². The molecule has 1 rings (SSSR count). The lowest BCUT2D eigenvalue weighted by atomic mass is 9.75. The number of aliphatic carboxylic acids is 1. The lowest BCUT2D eigenvalue weighted by Crippen LogP contribution is -2.46. The van der Waals surface area contributed by atoms with E-state index in [4.69, 9.17) is 10.2 Å². The van der Waals surface area contributed by atoms with E-state index in [-0.39, 0.29) is 30.5 Å². The Morgan fingerprint density at radius 2 is 2.11 bits per heavy atom. The van der Waals surface area contributed by atoms with Crippen molar-refractivity contribution in [1.82, 2.24) is 10.6 Å². The summed E-state index contributed by atoms with van der Waals surface area (Å²) in [5, 5.41) is 23.0. The number of hydrogen-bond acceptors (Lipinski definition) is 3. The van der Waals surface area contributed by atoms with Crippen molar-refractivity contribution in [2.24, 2.45) is 5.41 Å². The summed E-state index contributed by atoms with van der Waals surface area (Å²) in [6, 6.07) is -0.117. The second kappa shape index (κ2) is 6.75. The largest absolute Gasteiger partial charge is 0.479 e. The molecule has 6 heteroatoms. The van der Waals surface area contributed by atoms with Crippen LogP contribution in [0.25, 0.3) is 0 Å². The van der Waals surface area contributed by atoms with Crippen LogP contribution < -0.4 is 10.6 Å². The molecule has 6 nitrogen and oxygen atoms in total. The number of carbonyl (C=O) groups excluding carboxylic acids is 1. The number of carbonyl (C=O) groups is 2. The lowest BCUT2D eigenvalue weighted by molar-refractivity contribution is -0.146. The Labute approximate surface area is 113 Å². The average molecular weight is 272 g/mol. The minimum atomic E-state index is -1.42. The summed E-state index contributed by atoms with van der Waals surface area (Å²) in [5.74, 6) is -1.27. The summed E-state index contributed by atoms with van der Waals surface area (Å²) < 4.78 is 0. The van der Waals surface area contributed by atoms with Crippen LogP contribution in [0.4, 0.5) is 4.79 Å². The molecule has 1 fully saturated rings. The van der Waals surface area contributed by atoms with Crippen molar-refractivity contribution in [1.29, 1.82) is 0 Å². The molecule has 0 aromatic heterocycles. The van der Waals surface area contributed by atoms with Crippen molar-refractivity contribution in [3.05, 3.63) is 0 Å². The predicted octanol–water partition coefficient (Wildman–Crippen LogP) is 1.09. The van der Waals surface area contributed by atoms with E-state index in [1.54, 1.807) is 0 Å². The van der Waals surface area contributed by atoms with Crippen LogP contribution in [0.5, 0.6) is 0 Å². The van der Waals surface area contributed by atoms with E-state index in [2.05, 4.69) is 24.5 Å². The quantitative estimate of drug-likeness (QED) is 0.602. The number of aliphatic hydroxyl groups is 1. The number of carboxylic acids is 1. The Bertz CT molecular complexity index is 331. The van der Waals surface area contributed by atoms with Crippen molar-refractivity contribution in [3.63, 3.8) is 0 Å². The number of amides is 2. The zero-order chi connectivity index (χ0) is 14.5. The summed E-state index contributed by atoms with van der Waals surface area (Å²) in [7, 11) is 0. The second-order valence-corrected chi connectivity index (χ2v) is 6.00. The van der Waals surface area contributed by atoms with Crippen molar-refractivity contribution < 1.29 is 19.8 Å². The number of rotatable bonds is 5. The normalized spacial score (nSPS) is 23.4. The smallest absolute Gasteiger partial charge is 0.332 e. The molecule has 0 aromatic carbocycles. The Hall–Kier alpha value is -1.30. The maximum absolute atomic E-state index is 11.6. The molecule has 0 spiro atoms. The minimum absolute atomic E-state index is 0.0128. The second-order valence-electron chi connectivity index (χ2n) is 6.00. The molecule has 2 atom stereocenters. The molecule has 0 heterocycles. The van der Waals surface area contributed by atoms with Crippen molar-refractivity contribution in [2.75, 3.05) is 6.54 Å². The van der Waals surface area contributed by atoms with Crippen LogP contribution >= 0.6 is 0 Å². The fourth-order valence-electron chi connectivity index (χ4n) is 2.50. The van der Waals surface area contributed by atoms with Gasteiger partial charge in [-0.25, -0.2) is 9.59 Å². The van der Waals surface area contributed by atoms with Gasteiger partial charge in [0.2, 0.25) is 0 Å². The summed E-state index contributed by atoms with van der Waals surface area (Å²) in [6.07, 6.45) is 2.81. The van der Waals surface area contributed by atoms with Gasteiger partial charge < -0.3 is 20.8 Å². The molecule has 110 valence electrons. The van der Waals surface area contributed by atoms with Crippen molar-refractivity contribution in [2.45, 2.75) is 58.1 Å². The van der Waals surface area contributed by atoms with Gasteiger partial charge in [0.15, 0.2) is 6.10 Å². The molecule has 1 aliphatic carbocycles. The van der Waals surface area contributed by atoms with E-state index in [0.717, 1.165) is 19.3 Å². The van der Waals surface area contributed by atoms with Gasteiger partial charge in [0, 0.05) is 19.0 Å². The summed E-state index contributed by atoms with van der Waals surface area (Å²) in [5.41, 5.74) is 0.260. The zero-order valence-corrected chi connectivity index (χ0v) is 11.6.